The minimum absolute atomic E-state index is 0.134. The lowest BCUT2D eigenvalue weighted by Crippen LogP contribution is -2.57. The number of nitrogens with zero attached hydrogens (tertiary/aromatic N) is 1. The first-order chi connectivity index (χ1) is 11.7. The van der Waals surface area contributed by atoms with Crippen molar-refractivity contribution in [3.63, 3.8) is 0 Å². The summed E-state index contributed by atoms with van der Waals surface area (Å²) in [5.41, 5.74) is -1.95. The molecule has 1 aliphatic carbocycles. The monoisotopic (exact) mass is 349 g/mol. The molecule has 0 spiro atoms. The van der Waals surface area contributed by atoms with Crippen LogP contribution in [0, 0.1) is 11.3 Å². The zero-order valence-corrected chi connectivity index (χ0v) is 15.5. The van der Waals surface area contributed by atoms with Crippen LogP contribution in [0.2, 0.25) is 0 Å². The number of fused-ring (bicyclic) bond motifs is 1. The molecule has 1 amide bonds. The number of carbonyl (C=O) groups excluding carboxylic acids is 3. The van der Waals surface area contributed by atoms with Gasteiger partial charge in [0.25, 0.3) is 5.91 Å². The molecule has 3 aliphatic rings. The highest BCUT2D eigenvalue weighted by molar-refractivity contribution is 6.35. The molecular formula is C19H27NO5. The number of esters is 1. The zero-order chi connectivity index (χ0) is 18.4. The van der Waals surface area contributed by atoms with Crippen molar-refractivity contribution in [1.82, 2.24) is 4.90 Å². The second-order valence-corrected chi connectivity index (χ2v) is 8.36. The molecule has 0 aromatic carbocycles. The smallest absolute Gasteiger partial charge is 0.342 e. The van der Waals surface area contributed by atoms with Crippen LogP contribution in [0.3, 0.4) is 0 Å². The number of amides is 1. The number of allylic oxidation sites excluding steroid dienone is 1. The minimum Gasteiger partial charge on any atom is -0.467 e. The first-order valence-electron chi connectivity index (χ1n) is 9.04. The lowest BCUT2D eigenvalue weighted by atomic mass is 9.86. The van der Waals surface area contributed by atoms with E-state index < -0.39 is 34.8 Å². The molecule has 2 atom stereocenters. The summed E-state index contributed by atoms with van der Waals surface area (Å²) in [4.78, 5) is 40.1. The van der Waals surface area contributed by atoms with Gasteiger partial charge in [0.1, 0.15) is 6.23 Å². The van der Waals surface area contributed by atoms with Gasteiger partial charge in [0.15, 0.2) is 0 Å². The molecule has 0 radical (unpaired) electrons. The average Bonchev–Trinajstić information content (AvgIpc) is 3.07. The van der Waals surface area contributed by atoms with Gasteiger partial charge in [0.2, 0.25) is 11.3 Å². The van der Waals surface area contributed by atoms with Gasteiger partial charge >= 0.3 is 5.97 Å². The lowest BCUT2D eigenvalue weighted by Gasteiger charge is -2.35. The van der Waals surface area contributed by atoms with Gasteiger partial charge in [-0.05, 0) is 18.8 Å². The predicted molar refractivity (Wildman–Crippen MR) is 90.5 cm³/mol. The SMILES string of the molecule is COC(=O)[C@]12CO[C@H](C(C)(C)C)N1C(=O)/C(=C/C1CCCCC1)C2=O. The largest absolute Gasteiger partial charge is 0.467 e. The molecule has 2 aliphatic heterocycles. The van der Waals surface area contributed by atoms with Gasteiger partial charge in [0, 0.05) is 5.41 Å². The molecule has 2 heterocycles. The Kier molecular flexibility index (Phi) is 4.52. The van der Waals surface area contributed by atoms with E-state index in [1.54, 1.807) is 6.08 Å². The normalized spacial score (nSPS) is 32.4. The van der Waals surface area contributed by atoms with Gasteiger partial charge in [0.05, 0.1) is 19.3 Å². The van der Waals surface area contributed by atoms with E-state index in [4.69, 9.17) is 9.47 Å². The Bertz CT molecular complexity index is 626. The van der Waals surface area contributed by atoms with Gasteiger partial charge in [-0.3, -0.25) is 14.5 Å². The molecule has 6 heteroatoms. The van der Waals surface area contributed by atoms with Crippen LogP contribution in [0.1, 0.15) is 52.9 Å². The van der Waals surface area contributed by atoms with Gasteiger partial charge in [-0.2, -0.15) is 0 Å². The zero-order valence-electron chi connectivity index (χ0n) is 15.5. The third-order valence-corrected chi connectivity index (χ3v) is 5.48. The van der Waals surface area contributed by atoms with E-state index in [9.17, 15) is 14.4 Å². The number of methoxy groups -OCH3 is 1. The lowest BCUT2D eigenvalue weighted by molar-refractivity contribution is -0.160. The number of hydrogen-bond acceptors (Lipinski definition) is 5. The molecule has 3 fully saturated rings. The fourth-order valence-electron chi connectivity index (χ4n) is 4.19. The molecule has 6 nitrogen and oxygen atoms in total. The summed E-state index contributed by atoms with van der Waals surface area (Å²) in [5, 5.41) is 0. The predicted octanol–water partition coefficient (Wildman–Crippen LogP) is 2.22. The minimum atomic E-state index is -1.66. The first-order valence-corrected chi connectivity index (χ1v) is 9.04. The molecule has 138 valence electrons. The van der Waals surface area contributed by atoms with Crippen LogP contribution in [0.25, 0.3) is 0 Å². The topological polar surface area (TPSA) is 72.9 Å². The van der Waals surface area contributed by atoms with Crippen molar-refractivity contribution in [2.24, 2.45) is 11.3 Å². The van der Waals surface area contributed by atoms with E-state index in [0.29, 0.717) is 0 Å². The number of ether oxygens (including phenoxy) is 2. The Balaban J connectivity index is 2.03. The van der Waals surface area contributed by atoms with Crippen LogP contribution in [0.4, 0.5) is 0 Å². The Hall–Kier alpha value is -1.69. The second-order valence-electron chi connectivity index (χ2n) is 8.36. The highest BCUT2D eigenvalue weighted by Gasteiger charge is 2.69. The summed E-state index contributed by atoms with van der Waals surface area (Å²) in [6.07, 6.45) is 6.53. The molecule has 0 aromatic heterocycles. The fraction of sp³-hybridized carbons (Fsp3) is 0.737. The molecule has 0 bridgehead atoms. The third kappa shape index (κ3) is 2.71. The summed E-state index contributed by atoms with van der Waals surface area (Å²) in [6, 6.07) is 0. The molecule has 0 unspecified atom stereocenters. The van der Waals surface area contributed by atoms with Crippen molar-refractivity contribution in [3.05, 3.63) is 11.6 Å². The number of ketones is 1. The molecular weight excluding hydrogens is 322 g/mol. The molecule has 25 heavy (non-hydrogen) atoms. The van der Waals surface area contributed by atoms with E-state index in [-0.39, 0.29) is 18.1 Å². The van der Waals surface area contributed by atoms with E-state index in [1.807, 2.05) is 20.8 Å². The van der Waals surface area contributed by atoms with Gasteiger partial charge in [-0.25, -0.2) is 4.79 Å². The number of Topliss-reactive ketones (excluding diaryl/α,β-unsaturated/α-hetero) is 1. The highest BCUT2D eigenvalue weighted by atomic mass is 16.6. The van der Waals surface area contributed by atoms with Crippen LogP contribution >= 0.6 is 0 Å². The van der Waals surface area contributed by atoms with Crippen molar-refractivity contribution in [2.75, 3.05) is 13.7 Å². The van der Waals surface area contributed by atoms with E-state index in [2.05, 4.69) is 0 Å². The Morgan fingerprint density at radius 3 is 2.44 bits per heavy atom. The molecule has 0 N–H and O–H groups in total. The molecule has 2 saturated heterocycles. The van der Waals surface area contributed by atoms with Crippen LogP contribution in [0.15, 0.2) is 11.6 Å². The van der Waals surface area contributed by atoms with Crippen molar-refractivity contribution in [2.45, 2.75) is 64.6 Å². The maximum Gasteiger partial charge on any atom is 0.342 e. The number of hydrogen-bond donors (Lipinski definition) is 0. The number of carbonyl (C=O) groups is 3. The maximum atomic E-state index is 13.2. The first kappa shape index (κ1) is 18.1. The third-order valence-electron chi connectivity index (χ3n) is 5.48. The standard InChI is InChI=1S/C19H27NO5/c1-18(2,3)16-20-15(22)13(10-12-8-6-5-7-9-12)14(21)19(20,11-25-16)17(23)24-4/h10,12,16H,5-9,11H2,1-4H3/b13-10+/t16-,19-/m1/s1. The second kappa shape index (κ2) is 6.24. The Morgan fingerprint density at radius 1 is 1.24 bits per heavy atom. The van der Waals surface area contributed by atoms with Crippen LogP contribution in [-0.2, 0) is 23.9 Å². The molecule has 1 saturated carbocycles. The van der Waals surface area contributed by atoms with E-state index in [0.717, 1.165) is 25.7 Å². The summed E-state index contributed by atoms with van der Waals surface area (Å²) >= 11 is 0. The van der Waals surface area contributed by atoms with Crippen molar-refractivity contribution in [1.29, 1.82) is 0 Å². The van der Waals surface area contributed by atoms with Gasteiger partial charge in [-0.15, -0.1) is 0 Å². The van der Waals surface area contributed by atoms with Gasteiger partial charge < -0.3 is 9.47 Å². The van der Waals surface area contributed by atoms with E-state index in [1.165, 1.54) is 18.4 Å². The van der Waals surface area contributed by atoms with Gasteiger partial charge in [-0.1, -0.05) is 46.1 Å². The summed E-state index contributed by atoms with van der Waals surface area (Å²) in [5.74, 6) is -1.37. The molecule has 3 rings (SSSR count). The summed E-state index contributed by atoms with van der Waals surface area (Å²) in [6.45, 7) is 5.62. The maximum absolute atomic E-state index is 13.2. The average molecular weight is 349 g/mol. The fourth-order valence-corrected chi connectivity index (χ4v) is 4.19. The van der Waals surface area contributed by atoms with Crippen LogP contribution < -0.4 is 0 Å². The summed E-state index contributed by atoms with van der Waals surface area (Å²) < 4.78 is 10.6. The van der Waals surface area contributed by atoms with Crippen molar-refractivity contribution >= 4 is 17.7 Å². The summed E-state index contributed by atoms with van der Waals surface area (Å²) in [7, 11) is 1.24. The number of rotatable bonds is 2. The van der Waals surface area contributed by atoms with Crippen LogP contribution in [-0.4, -0.2) is 48.0 Å². The van der Waals surface area contributed by atoms with E-state index >= 15 is 0 Å². The van der Waals surface area contributed by atoms with Crippen LogP contribution in [0.5, 0.6) is 0 Å². The van der Waals surface area contributed by atoms with Crippen molar-refractivity contribution in [3.8, 4) is 0 Å². The highest BCUT2D eigenvalue weighted by Crippen LogP contribution is 2.45. The Labute approximate surface area is 148 Å². The quantitative estimate of drug-likeness (QED) is 0.331. The van der Waals surface area contributed by atoms with Crippen molar-refractivity contribution < 1.29 is 23.9 Å². The Morgan fingerprint density at radius 2 is 1.88 bits per heavy atom. The molecule has 0 aromatic rings.